The van der Waals surface area contributed by atoms with E-state index in [0.29, 0.717) is 6.04 Å². The standard InChI is InChI=1S/C13H24N4/c1-3-14-12-5-4-8-17(11-12)9-6-13-15-7-10-16(13)2/h7,10,12,14H,3-6,8-9,11H2,1-2H3. The number of likely N-dealkylation sites (N-methyl/N-ethyl adjacent to an activating group) is 1. The second kappa shape index (κ2) is 6.17. The summed E-state index contributed by atoms with van der Waals surface area (Å²) in [6.45, 7) is 6.84. The van der Waals surface area contributed by atoms with Crippen LogP contribution in [-0.2, 0) is 13.5 Å². The minimum Gasteiger partial charge on any atom is -0.338 e. The van der Waals surface area contributed by atoms with Crippen molar-refractivity contribution in [3.05, 3.63) is 18.2 Å². The molecule has 1 aromatic rings. The molecule has 1 fully saturated rings. The molecule has 0 aromatic carbocycles. The van der Waals surface area contributed by atoms with Crippen LogP contribution in [0.3, 0.4) is 0 Å². The third-order valence-electron chi connectivity index (χ3n) is 3.57. The number of likely N-dealkylation sites (tertiary alicyclic amines) is 1. The molecule has 2 rings (SSSR count). The molecule has 1 saturated heterocycles. The maximum Gasteiger partial charge on any atom is 0.109 e. The van der Waals surface area contributed by atoms with E-state index in [0.717, 1.165) is 19.5 Å². The Morgan fingerprint density at radius 1 is 1.53 bits per heavy atom. The van der Waals surface area contributed by atoms with E-state index in [9.17, 15) is 0 Å². The summed E-state index contributed by atoms with van der Waals surface area (Å²) < 4.78 is 2.12. The Labute approximate surface area is 104 Å². The summed E-state index contributed by atoms with van der Waals surface area (Å²) in [6, 6.07) is 0.690. The van der Waals surface area contributed by atoms with Crippen molar-refractivity contribution in [2.75, 3.05) is 26.2 Å². The fourth-order valence-electron chi connectivity index (χ4n) is 2.61. The maximum absolute atomic E-state index is 4.38. The lowest BCUT2D eigenvalue weighted by molar-refractivity contribution is 0.192. The lowest BCUT2D eigenvalue weighted by atomic mass is 10.1. The average molecular weight is 236 g/mol. The van der Waals surface area contributed by atoms with Crippen molar-refractivity contribution >= 4 is 0 Å². The van der Waals surface area contributed by atoms with Crippen molar-refractivity contribution in [3.63, 3.8) is 0 Å². The fourth-order valence-corrected chi connectivity index (χ4v) is 2.61. The quantitative estimate of drug-likeness (QED) is 0.829. The highest BCUT2D eigenvalue weighted by molar-refractivity contribution is 4.92. The van der Waals surface area contributed by atoms with Crippen LogP contribution in [0.25, 0.3) is 0 Å². The van der Waals surface area contributed by atoms with Crippen molar-refractivity contribution in [2.45, 2.75) is 32.2 Å². The molecule has 4 heteroatoms. The largest absolute Gasteiger partial charge is 0.338 e. The molecule has 4 nitrogen and oxygen atoms in total. The van der Waals surface area contributed by atoms with Crippen molar-refractivity contribution in [1.29, 1.82) is 0 Å². The highest BCUT2D eigenvalue weighted by Gasteiger charge is 2.18. The topological polar surface area (TPSA) is 33.1 Å². The Kier molecular flexibility index (Phi) is 4.57. The van der Waals surface area contributed by atoms with E-state index in [-0.39, 0.29) is 0 Å². The molecule has 1 aliphatic heterocycles. The number of hydrogen-bond acceptors (Lipinski definition) is 3. The Bertz CT molecular complexity index is 332. The Hall–Kier alpha value is -0.870. The van der Waals surface area contributed by atoms with Gasteiger partial charge in [0.1, 0.15) is 5.82 Å². The van der Waals surface area contributed by atoms with E-state index < -0.39 is 0 Å². The molecule has 0 amide bonds. The molecule has 1 aromatic heterocycles. The van der Waals surface area contributed by atoms with E-state index in [1.807, 2.05) is 12.4 Å². The van der Waals surface area contributed by atoms with Gasteiger partial charge in [0.15, 0.2) is 0 Å². The normalized spacial score (nSPS) is 21.9. The molecule has 2 heterocycles. The predicted molar refractivity (Wildman–Crippen MR) is 70.1 cm³/mol. The Morgan fingerprint density at radius 2 is 2.41 bits per heavy atom. The SMILES string of the molecule is CCNC1CCCN(CCc2nccn2C)C1. The van der Waals surface area contributed by atoms with Crippen molar-refractivity contribution in [1.82, 2.24) is 19.8 Å². The second-order valence-electron chi connectivity index (χ2n) is 4.90. The van der Waals surface area contributed by atoms with Gasteiger partial charge in [-0.3, -0.25) is 0 Å². The molecular formula is C13H24N4. The predicted octanol–water partition coefficient (Wildman–Crippen LogP) is 1.04. The maximum atomic E-state index is 4.38. The molecule has 96 valence electrons. The first-order valence-electron chi connectivity index (χ1n) is 6.71. The molecular weight excluding hydrogens is 212 g/mol. The van der Waals surface area contributed by atoms with E-state index in [2.05, 4.69) is 33.7 Å². The number of nitrogens with zero attached hydrogens (tertiary/aromatic N) is 3. The van der Waals surface area contributed by atoms with Gasteiger partial charge in [-0.15, -0.1) is 0 Å². The van der Waals surface area contributed by atoms with Gasteiger partial charge in [0.25, 0.3) is 0 Å². The number of imidazole rings is 1. The molecule has 1 atom stereocenters. The van der Waals surface area contributed by atoms with Crippen molar-refractivity contribution in [2.24, 2.45) is 7.05 Å². The first-order chi connectivity index (χ1) is 8.29. The van der Waals surface area contributed by atoms with Crippen LogP contribution in [0.1, 0.15) is 25.6 Å². The van der Waals surface area contributed by atoms with Crippen LogP contribution >= 0.6 is 0 Å². The van der Waals surface area contributed by atoms with E-state index >= 15 is 0 Å². The monoisotopic (exact) mass is 236 g/mol. The molecule has 0 radical (unpaired) electrons. The highest BCUT2D eigenvalue weighted by atomic mass is 15.2. The third-order valence-corrected chi connectivity index (χ3v) is 3.57. The first-order valence-corrected chi connectivity index (χ1v) is 6.71. The minimum atomic E-state index is 0.690. The summed E-state index contributed by atoms with van der Waals surface area (Å²) in [4.78, 5) is 6.94. The van der Waals surface area contributed by atoms with Crippen LogP contribution in [0.4, 0.5) is 0 Å². The van der Waals surface area contributed by atoms with Gasteiger partial charge in [-0.05, 0) is 25.9 Å². The van der Waals surface area contributed by atoms with E-state index in [1.165, 1.54) is 31.8 Å². The number of hydrogen-bond donors (Lipinski definition) is 1. The molecule has 0 spiro atoms. The molecule has 0 saturated carbocycles. The van der Waals surface area contributed by atoms with Crippen LogP contribution < -0.4 is 5.32 Å². The fraction of sp³-hybridized carbons (Fsp3) is 0.769. The first kappa shape index (κ1) is 12.6. The van der Waals surface area contributed by atoms with Gasteiger partial charge >= 0.3 is 0 Å². The number of aryl methyl sites for hydroxylation is 1. The van der Waals surface area contributed by atoms with Crippen LogP contribution in [0, 0.1) is 0 Å². The van der Waals surface area contributed by atoms with Crippen molar-refractivity contribution in [3.8, 4) is 0 Å². The summed E-state index contributed by atoms with van der Waals surface area (Å²) in [6.07, 6.45) is 7.60. The third kappa shape index (κ3) is 3.54. The second-order valence-corrected chi connectivity index (χ2v) is 4.90. The smallest absolute Gasteiger partial charge is 0.109 e. The lowest BCUT2D eigenvalue weighted by Gasteiger charge is -2.33. The summed E-state index contributed by atoms with van der Waals surface area (Å²) in [5, 5.41) is 3.56. The summed E-state index contributed by atoms with van der Waals surface area (Å²) in [7, 11) is 2.07. The van der Waals surface area contributed by atoms with Gasteiger partial charge < -0.3 is 14.8 Å². The lowest BCUT2D eigenvalue weighted by Crippen LogP contribution is -2.46. The molecule has 1 aliphatic rings. The number of rotatable bonds is 5. The molecule has 1 unspecified atom stereocenters. The number of nitrogens with one attached hydrogen (secondary N) is 1. The summed E-state index contributed by atoms with van der Waals surface area (Å²) in [5.74, 6) is 1.19. The van der Waals surface area contributed by atoms with Crippen LogP contribution in [-0.4, -0.2) is 46.7 Å². The van der Waals surface area contributed by atoms with Gasteiger partial charge in [-0.1, -0.05) is 6.92 Å². The van der Waals surface area contributed by atoms with E-state index in [1.54, 1.807) is 0 Å². The van der Waals surface area contributed by atoms with Crippen molar-refractivity contribution < 1.29 is 0 Å². The molecule has 0 bridgehead atoms. The zero-order chi connectivity index (χ0) is 12.1. The Morgan fingerprint density at radius 3 is 3.12 bits per heavy atom. The molecule has 1 N–H and O–H groups in total. The van der Waals surface area contributed by atoms with Crippen LogP contribution in [0.2, 0.25) is 0 Å². The zero-order valence-corrected chi connectivity index (χ0v) is 11.0. The summed E-state index contributed by atoms with van der Waals surface area (Å²) in [5.41, 5.74) is 0. The van der Waals surface area contributed by atoms with Gasteiger partial charge in [-0.2, -0.15) is 0 Å². The van der Waals surface area contributed by atoms with E-state index in [4.69, 9.17) is 0 Å². The van der Waals surface area contributed by atoms with Gasteiger partial charge in [0, 0.05) is 45.0 Å². The van der Waals surface area contributed by atoms with Crippen LogP contribution in [0.5, 0.6) is 0 Å². The Balaban J connectivity index is 1.77. The zero-order valence-electron chi connectivity index (χ0n) is 11.0. The van der Waals surface area contributed by atoms with Gasteiger partial charge in [0.2, 0.25) is 0 Å². The average Bonchev–Trinajstić information content (AvgIpc) is 2.73. The summed E-state index contributed by atoms with van der Waals surface area (Å²) >= 11 is 0. The number of aromatic nitrogens is 2. The molecule has 0 aliphatic carbocycles. The van der Waals surface area contributed by atoms with Crippen LogP contribution in [0.15, 0.2) is 12.4 Å². The number of piperidine rings is 1. The van der Waals surface area contributed by atoms with Gasteiger partial charge in [-0.25, -0.2) is 4.98 Å². The van der Waals surface area contributed by atoms with Gasteiger partial charge in [0.05, 0.1) is 0 Å². The molecule has 17 heavy (non-hydrogen) atoms. The minimum absolute atomic E-state index is 0.690. The highest BCUT2D eigenvalue weighted by Crippen LogP contribution is 2.10.